The fourth-order valence-electron chi connectivity index (χ4n) is 3.26. The average Bonchev–Trinajstić information content (AvgIpc) is 2.95. The summed E-state index contributed by atoms with van der Waals surface area (Å²) < 4.78 is 2.95. The number of nitrogens with zero attached hydrogens (tertiary/aromatic N) is 5. The minimum absolute atomic E-state index is 0.0479. The van der Waals surface area contributed by atoms with Gasteiger partial charge in [0, 0.05) is 50.6 Å². The zero-order chi connectivity index (χ0) is 18.0. The van der Waals surface area contributed by atoms with E-state index in [4.69, 9.17) is 0 Å². The van der Waals surface area contributed by atoms with E-state index in [-0.39, 0.29) is 17.2 Å². The second-order valence-corrected chi connectivity index (χ2v) is 6.17. The number of likely N-dealkylation sites (tertiary alicyclic amines) is 1. The van der Waals surface area contributed by atoms with E-state index in [9.17, 15) is 14.4 Å². The summed E-state index contributed by atoms with van der Waals surface area (Å²) >= 11 is 0. The predicted molar refractivity (Wildman–Crippen MR) is 90.3 cm³/mol. The maximum absolute atomic E-state index is 12.6. The largest absolute Gasteiger partial charge is 0.345 e. The first-order chi connectivity index (χ1) is 12.0. The molecule has 0 N–H and O–H groups in total. The molecule has 1 atom stereocenters. The highest BCUT2D eigenvalue weighted by atomic mass is 16.2. The second-order valence-electron chi connectivity index (χ2n) is 6.17. The smallest absolute Gasteiger partial charge is 0.335 e. The minimum atomic E-state index is -0.553. The summed E-state index contributed by atoms with van der Waals surface area (Å²) in [6.45, 7) is 3.34. The topological polar surface area (TPSA) is 90.1 Å². The Bertz CT molecular complexity index is 840. The van der Waals surface area contributed by atoms with Gasteiger partial charge in [-0.15, -0.1) is 0 Å². The van der Waals surface area contributed by atoms with Crippen LogP contribution < -0.4 is 5.69 Å². The Morgan fingerprint density at radius 2 is 2.16 bits per heavy atom. The molecule has 0 bridgehead atoms. The summed E-state index contributed by atoms with van der Waals surface area (Å²) in [7, 11) is 1.62. The fraction of sp³-hybridized carbons (Fsp3) is 0.471. The summed E-state index contributed by atoms with van der Waals surface area (Å²) in [5.74, 6) is -0.448. The highest BCUT2D eigenvalue weighted by Gasteiger charge is 2.31. The molecule has 1 amide bonds. The molecule has 0 radical (unpaired) electrons. The molecule has 0 spiro atoms. The molecular formula is C17H21N5O3. The van der Waals surface area contributed by atoms with Gasteiger partial charge in [-0.2, -0.15) is 5.10 Å². The van der Waals surface area contributed by atoms with E-state index in [0.717, 1.165) is 12.8 Å². The molecule has 8 heteroatoms. The number of hydrogen-bond donors (Lipinski definition) is 0. The number of aromatic nitrogens is 4. The van der Waals surface area contributed by atoms with E-state index in [1.807, 2.05) is 6.92 Å². The van der Waals surface area contributed by atoms with Gasteiger partial charge in [-0.3, -0.25) is 19.1 Å². The molecule has 1 saturated heterocycles. The summed E-state index contributed by atoms with van der Waals surface area (Å²) in [5.41, 5.74) is 0.130. The number of ketones is 1. The van der Waals surface area contributed by atoms with Gasteiger partial charge in [0.25, 0.3) is 11.7 Å². The van der Waals surface area contributed by atoms with Crippen molar-refractivity contribution < 1.29 is 9.59 Å². The lowest BCUT2D eigenvalue weighted by atomic mass is 9.96. The number of pyridine rings is 1. The van der Waals surface area contributed by atoms with Crippen molar-refractivity contribution in [2.24, 2.45) is 7.05 Å². The first-order valence-corrected chi connectivity index (χ1v) is 8.40. The van der Waals surface area contributed by atoms with Gasteiger partial charge in [0.05, 0.1) is 0 Å². The van der Waals surface area contributed by atoms with Gasteiger partial charge in [-0.05, 0) is 31.9 Å². The van der Waals surface area contributed by atoms with Crippen molar-refractivity contribution in [3.63, 3.8) is 0 Å². The summed E-state index contributed by atoms with van der Waals surface area (Å²) in [6.07, 6.45) is 4.56. The van der Waals surface area contributed by atoms with Crippen LogP contribution in [0.1, 0.15) is 41.9 Å². The summed E-state index contributed by atoms with van der Waals surface area (Å²) in [6, 6.07) is 3.22. The van der Waals surface area contributed by atoms with Crippen molar-refractivity contribution in [3.8, 4) is 0 Å². The monoisotopic (exact) mass is 343 g/mol. The van der Waals surface area contributed by atoms with Crippen LogP contribution in [0.3, 0.4) is 0 Å². The fourth-order valence-corrected chi connectivity index (χ4v) is 3.26. The molecule has 0 saturated carbocycles. The van der Waals surface area contributed by atoms with Gasteiger partial charge in [0.2, 0.25) is 0 Å². The Hall–Kier alpha value is -2.77. The van der Waals surface area contributed by atoms with Crippen LogP contribution in [-0.4, -0.2) is 49.0 Å². The standard InChI is InChI=1S/C17H21N5O3/c1-3-22-15(19-20(2)17(22)25)13-7-5-9-21(11-13)16(24)14(23)12-6-4-8-18-10-12/h4,6,8,10,13H,3,5,7,9,11H2,1-2H3/t13-/m0/s1. The molecule has 0 aliphatic carbocycles. The third kappa shape index (κ3) is 3.24. The number of rotatable bonds is 4. The SMILES string of the molecule is CCn1c([C@H]2CCCN(C(=O)C(=O)c3cccnc3)C2)nn(C)c1=O. The highest BCUT2D eigenvalue weighted by molar-refractivity contribution is 6.42. The van der Waals surface area contributed by atoms with E-state index in [1.165, 1.54) is 10.9 Å². The van der Waals surface area contributed by atoms with Crippen LogP contribution in [0.5, 0.6) is 0 Å². The Labute approximate surface area is 145 Å². The predicted octanol–water partition coefficient (Wildman–Crippen LogP) is 0.586. The van der Waals surface area contributed by atoms with Crippen molar-refractivity contribution >= 4 is 11.7 Å². The van der Waals surface area contributed by atoms with Gasteiger partial charge in [-0.25, -0.2) is 9.48 Å². The molecule has 8 nitrogen and oxygen atoms in total. The molecule has 1 aliphatic rings. The van der Waals surface area contributed by atoms with Crippen LogP contribution in [0.25, 0.3) is 0 Å². The Morgan fingerprint density at radius 1 is 1.36 bits per heavy atom. The number of piperidine rings is 1. The van der Waals surface area contributed by atoms with Gasteiger partial charge < -0.3 is 4.90 Å². The van der Waals surface area contributed by atoms with E-state index in [1.54, 1.807) is 34.8 Å². The molecule has 0 unspecified atom stereocenters. The second kappa shape index (κ2) is 7.00. The van der Waals surface area contributed by atoms with E-state index >= 15 is 0 Å². The lowest BCUT2D eigenvalue weighted by Crippen LogP contribution is -2.43. The van der Waals surface area contributed by atoms with Crippen LogP contribution in [0.4, 0.5) is 0 Å². The zero-order valence-electron chi connectivity index (χ0n) is 14.4. The molecule has 132 valence electrons. The molecule has 2 aromatic heterocycles. The maximum Gasteiger partial charge on any atom is 0.345 e. The van der Waals surface area contributed by atoms with Gasteiger partial charge in [0.1, 0.15) is 5.82 Å². The number of amides is 1. The van der Waals surface area contributed by atoms with Crippen LogP contribution >= 0.6 is 0 Å². The molecule has 25 heavy (non-hydrogen) atoms. The lowest BCUT2D eigenvalue weighted by molar-refractivity contribution is -0.127. The highest BCUT2D eigenvalue weighted by Crippen LogP contribution is 2.25. The Morgan fingerprint density at radius 3 is 2.84 bits per heavy atom. The molecule has 1 aliphatic heterocycles. The van der Waals surface area contributed by atoms with Crippen LogP contribution in [0.15, 0.2) is 29.3 Å². The summed E-state index contributed by atoms with van der Waals surface area (Å²) in [5, 5.41) is 4.34. The van der Waals surface area contributed by atoms with Crippen molar-refractivity contribution in [1.82, 2.24) is 24.2 Å². The third-order valence-corrected chi connectivity index (χ3v) is 4.54. The zero-order valence-corrected chi connectivity index (χ0v) is 14.4. The number of Topliss-reactive ketones (excluding diaryl/α,β-unsaturated/α-hetero) is 1. The van der Waals surface area contributed by atoms with Crippen LogP contribution in [0.2, 0.25) is 0 Å². The van der Waals surface area contributed by atoms with E-state index in [0.29, 0.717) is 25.5 Å². The Kier molecular flexibility index (Phi) is 4.78. The Balaban J connectivity index is 1.80. The number of aryl methyl sites for hydroxylation is 1. The normalized spacial score (nSPS) is 17.5. The number of carbonyl (C=O) groups excluding carboxylic acids is 2. The van der Waals surface area contributed by atoms with Gasteiger partial charge in [0.15, 0.2) is 0 Å². The lowest BCUT2D eigenvalue weighted by Gasteiger charge is -2.31. The van der Waals surface area contributed by atoms with Gasteiger partial charge in [-0.1, -0.05) is 0 Å². The average molecular weight is 343 g/mol. The minimum Gasteiger partial charge on any atom is -0.335 e. The van der Waals surface area contributed by atoms with Crippen molar-refractivity contribution in [2.45, 2.75) is 32.2 Å². The van der Waals surface area contributed by atoms with Crippen LogP contribution in [-0.2, 0) is 18.4 Å². The number of hydrogen-bond acceptors (Lipinski definition) is 5. The van der Waals surface area contributed by atoms with E-state index < -0.39 is 11.7 Å². The molecule has 3 heterocycles. The molecular weight excluding hydrogens is 322 g/mol. The molecule has 3 rings (SSSR count). The third-order valence-electron chi connectivity index (χ3n) is 4.54. The first kappa shape index (κ1) is 17.1. The molecule has 1 fully saturated rings. The molecule has 2 aromatic rings. The van der Waals surface area contributed by atoms with E-state index in [2.05, 4.69) is 10.1 Å². The van der Waals surface area contributed by atoms with Crippen molar-refractivity contribution in [1.29, 1.82) is 0 Å². The van der Waals surface area contributed by atoms with Crippen LogP contribution in [0, 0.1) is 0 Å². The molecule has 0 aromatic carbocycles. The van der Waals surface area contributed by atoms with Gasteiger partial charge >= 0.3 is 5.69 Å². The van der Waals surface area contributed by atoms with Crippen molar-refractivity contribution in [2.75, 3.05) is 13.1 Å². The van der Waals surface area contributed by atoms with Crippen molar-refractivity contribution in [3.05, 3.63) is 46.4 Å². The first-order valence-electron chi connectivity index (χ1n) is 8.40. The number of carbonyl (C=O) groups is 2. The maximum atomic E-state index is 12.6. The quantitative estimate of drug-likeness (QED) is 0.598. The summed E-state index contributed by atoms with van der Waals surface area (Å²) in [4.78, 5) is 42.5.